The highest BCUT2D eigenvalue weighted by molar-refractivity contribution is 8.00. The quantitative estimate of drug-likeness (QED) is 0.186. The number of nitrogens with two attached hydrogens (primary N) is 1. The van der Waals surface area contributed by atoms with Crippen LogP contribution in [0.1, 0.15) is 5.82 Å². The molecule has 2 atom stereocenters. The minimum absolute atomic E-state index is 0.0280. The van der Waals surface area contributed by atoms with Gasteiger partial charge in [-0.1, -0.05) is 5.16 Å². The molecule has 0 bridgehead atoms. The summed E-state index contributed by atoms with van der Waals surface area (Å²) in [4.78, 5) is 47.4. The molecule has 0 spiro atoms. The van der Waals surface area contributed by atoms with E-state index in [1.54, 1.807) is 0 Å². The molecule has 4 N–H and O–H groups in total. The Labute approximate surface area is 189 Å². The number of nitrogen functional groups attached to an aromatic ring is 1. The molecule has 2 aromatic rings. The van der Waals surface area contributed by atoms with Crippen molar-refractivity contribution in [3.63, 3.8) is 0 Å². The molecule has 0 aliphatic carbocycles. The third-order valence-electron chi connectivity index (χ3n) is 4.91. The molecule has 15 heteroatoms. The summed E-state index contributed by atoms with van der Waals surface area (Å²) in [6, 6.07) is 0.911. The lowest BCUT2D eigenvalue weighted by Crippen LogP contribution is -2.71. The molecule has 4 heterocycles. The van der Waals surface area contributed by atoms with E-state index in [-0.39, 0.29) is 22.4 Å². The summed E-state index contributed by atoms with van der Waals surface area (Å²) in [5.41, 5.74) is 5.88. The number of nitrogens with zero attached hydrogens (tertiary/aromatic N) is 6. The zero-order valence-electron chi connectivity index (χ0n) is 17.0. The summed E-state index contributed by atoms with van der Waals surface area (Å²) in [5, 5.41) is 15.6. The third-order valence-corrected chi connectivity index (χ3v) is 6.79. The Hall–Kier alpha value is -3.46. The molecule has 4 rings (SSSR count). The van der Waals surface area contributed by atoms with E-state index in [0.717, 1.165) is 11.5 Å². The SMILES string of the molecule is CO/N=C(\C(=O)N[C@@H]1C(=O)N2C(C(=O)O)=C(Cn3ccc[n+]3C)CS[C@H]12)c1nsc(N)n1. The van der Waals surface area contributed by atoms with Crippen LogP contribution in [0.4, 0.5) is 5.13 Å². The molecule has 13 nitrogen and oxygen atoms in total. The number of amides is 2. The first-order valence-electron chi connectivity index (χ1n) is 9.24. The van der Waals surface area contributed by atoms with Gasteiger partial charge in [-0.2, -0.15) is 14.0 Å². The van der Waals surface area contributed by atoms with Crippen LogP contribution in [-0.4, -0.2) is 71.8 Å². The van der Waals surface area contributed by atoms with Gasteiger partial charge in [0.1, 0.15) is 30.8 Å². The van der Waals surface area contributed by atoms with Crippen molar-refractivity contribution in [2.45, 2.75) is 18.0 Å². The van der Waals surface area contributed by atoms with E-state index in [1.807, 2.05) is 34.9 Å². The monoisotopic (exact) mass is 479 g/mol. The number of thioether (sulfide) groups is 1. The molecule has 2 aromatic heterocycles. The summed E-state index contributed by atoms with van der Waals surface area (Å²) in [5.74, 6) is -2.08. The molecule has 1 fully saturated rings. The molecule has 2 amide bonds. The Morgan fingerprint density at radius 1 is 1.50 bits per heavy atom. The third kappa shape index (κ3) is 3.80. The van der Waals surface area contributed by atoms with Gasteiger partial charge in [0.15, 0.2) is 18.4 Å². The number of β-lactam (4-membered cyclic amide) rings is 1. The first-order valence-corrected chi connectivity index (χ1v) is 11.1. The summed E-state index contributed by atoms with van der Waals surface area (Å²) >= 11 is 2.26. The molecule has 1 saturated heterocycles. The fraction of sp³-hybridized carbons (Fsp3) is 0.353. The van der Waals surface area contributed by atoms with Gasteiger partial charge in [-0.05, 0) is 5.57 Å². The second-order valence-corrected chi connectivity index (χ2v) is 8.75. The standard InChI is InChI=1S/C17H18N8O5S2/c1-23-4-3-5-24(23)6-8-7-31-15-10(14(27)25(15)11(8)16(28)29)19-13(26)9(21-30-2)12-20-17(18)32-22-12/h3-5,10,15H,6-7H2,1-2H3,(H3-,18,19,20,22,26,28,29)/p+1/b21-9-/t10-,15-/m1/s1. The van der Waals surface area contributed by atoms with E-state index >= 15 is 0 Å². The molecule has 0 saturated carbocycles. The molecular weight excluding hydrogens is 460 g/mol. The fourth-order valence-corrected chi connectivity index (χ4v) is 5.20. The number of carbonyl (C=O) groups excluding carboxylic acids is 2. The second kappa shape index (κ2) is 8.58. The number of aromatic nitrogens is 4. The van der Waals surface area contributed by atoms with Gasteiger partial charge in [0.2, 0.25) is 11.5 Å². The Morgan fingerprint density at radius 2 is 2.28 bits per heavy atom. The number of rotatable bonds is 7. The first-order chi connectivity index (χ1) is 15.3. The molecule has 32 heavy (non-hydrogen) atoms. The Balaban J connectivity index is 1.54. The van der Waals surface area contributed by atoms with Gasteiger partial charge in [-0.25, -0.2) is 4.79 Å². The number of aryl methyl sites for hydroxylation is 1. The molecule has 0 aromatic carbocycles. The maximum Gasteiger partial charge on any atom is 0.352 e. The number of aliphatic carboxylic acids is 1. The summed E-state index contributed by atoms with van der Waals surface area (Å²) in [6.45, 7) is 0.327. The molecule has 0 radical (unpaired) electrons. The number of nitrogens with one attached hydrogen (secondary N) is 1. The van der Waals surface area contributed by atoms with Crippen molar-refractivity contribution < 1.29 is 29.0 Å². The number of anilines is 1. The van der Waals surface area contributed by atoms with Crippen molar-refractivity contribution in [1.82, 2.24) is 24.3 Å². The molecule has 0 unspecified atom stereocenters. The molecule has 168 valence electrons. The second-order valence-electron chi connectivity index (χ2n) is 6.86. The van der Waals surface area contributed by atoms with E-state index in [4.69, 9.17) is 10.6 Å². The predicted octanol–water partition coefficient (Wildman–Crippen LogP) is -1.46. The van der Waals surface area contributed by atoms with Crippen LogP contribution in [0, 0.1) is 0 Å². The van der Waals surface area contributed by atoms with E-state index in [2.05, 4.69) is 19.8 Å². The average Bonchev–Trinajstić information content (AvgIpc) is 3.37. The summed E-state index contributed by atoms with van der Waals surface area (Å²) in [7, 11) is 3.09. The fourth-order valence-electron chi connectivity index (χ4n) is 3.43. The summed E-state index contributed by atoms with van der Waals surface area (Å²) < 4.78 is 7.59. The predicted molar refractivity (Wildman–Crippen MR) is 113 cm³/mol. The molecule has 2 aliphatic rings. The number of hydrogen-bond acceptors (Lipinski definition) is 10. The average molecular weight is 480 g/mol. The largest absolute Gasteiger partial charge is 0.477 e. The number of carboxylic acids is 1. The number of carbonyl (C=O) groups is 3. The number of hydrogen-bond donors (Lipinski definition) is 3. The molecular formula is C17H19N8O5S2+. The van der Waals surface area contributed by atoms with Crippen molar-refractivity contribution >= 4 is 51.9 Å². The van der Waals surface area contributed by atoms with Crippen molar-refractivity contribution in [2.24, 2.45) is 12.2 Å². The minimum atomic E-state index is -1.19. The maximum absolute atomic E-state index is 12.9. The Bertz CT molecular complexity index is 1160. The van der Waals surface area contributed by atoms with Crippen LogP contribution >= 0.6 is 23.3 Å². The van der Waals surface area contributed by atoms with Gasteiger partial charge in [-0.3, -0.25) is 14.5 Å². The van der Waals surface area contributed by atoms with Crippen LogP contribution in [0.25, 0.3) is 0 Å². The highest BCUT2D eigenvalue weighted by Gasteiger charge is 2.54. The van der Waals surface area contributed by atoms with Crippen LogP contribution in [-0.2, 0) is 32.8 Å². The topological polar surface area (TPSA) is 169 Å². The Morgan fingerprint density at radius 3 is 2.88 bits per heavy atom. The van der Waals surface area contributed by atoms with E-state index in [1.165, 1.54) is 23.8 Å². The number of carboxylic acid groups (broad SMARTS) is 1. The van der Waals surface area contributed by atoms with Crippen molar-refractivity contribution in [1.29, 1.82) is 0 Å². The Kier molecular flexibility index (Phi) is 5.84. The van der Waals surface area contributed by atoms with Gasteiger partial charge < -0.3 is 21.0 Å². The van der Waals surface area contributed by atoms with Crippen molar-refractivity contribution in [3.8, 4) is 0 Å². The van der Waals surface area contributed by atoms with Gasteiger partial charge in [0.25, 0.3) is 11.8 Å². The lowest BCUT2D eigenvalue weighted by atomic mass is 10.0. The maximum atomic E-state index is 12.9. The highest BCUT2D eigenvalue weighted by atomic mass is 32.2. The zero-order valence-corrected chi connectivity index (χ0v) is 18.6. The number of fused-ring (bicyclic) bond motifs is 1. The first kappa shape index (κ1) is 21.8. The summed E-state index contributed by atoms with van der Waals surface area (Å²) in [6.07, 6.45) is 3.66. The minimum Gasteiger partial charge on any atom is -0.477 e. The van der Waals surface area contributed by atoms with E-state index in [9.17, 15) is 19.5 Å². The van der Waals surface area contributed by atoms with Crippen LogP contribution in [0.3, 0.4) is 0 Å². The zero-order chi connectivity index (χ0) is 23.0. The lowest BCUT2D eigenvalue weighted by Gasteiger charge is -2.49. The highest BCUT2D eigenvalue weighted by Crippen LogP contribution is 2.40. The van der Waals surface area contributed by atoms with Crippen molar-refractivity contribution in [2.75, 3.05) is 18.6 Å². The molecule has 2 aliphatic heterocycles. The van der Waals surface area contributed by atoms with Gasteiger partial charge in [0, 0.05) is 23.4 Å². The van der Waals surface area contributed by atoms with Crippen LogP contribution in [0.15, 0.2) is 34.9 Å². The lowest BCUT2D eigenvalue weighted by molar-refractivity contribution is -0.752. The van der Waals surface area contributed by atoms with Gasteiger partial charge in [0.05, 0.1) is 6.20 Å². The normalized spacial score (nSPS) is 20.6. The smallest absolute Gasteiger partial charge is 0.352 e. The van der Waals surface area contributed by atoms with Crippen molar-refractivity contribution in [3.05, 3.63) is 35.6 Å². The van der Waals surface area contributed by atoms with Crippen LogP contribution in [0.2, 0.25) is 0 Å². The van der Waals surface area contributed by atoms with Crippen LogP contribution in [0.5, 0.6) is 0 Å². The number of oxime groups is 1. The van der Waals surface area contributed by atoms with Gasteiger partial charge in [-0.15, -0.1) is 16.4 Å². The van der Waals surface area contributed by atoms with Gasteiger partial charge >= 0.3 is 5.97 Å². The van der Waals surface area contributed by atoms with Crippen LogP contribution < -0.4 is 15.7 Å². The van der Waals surface area contributed by atoms with E-state index in [0.29, 0.717) is 17.9 Å². The van der Waals surface area contributed by atoms with E-state index < -0.39 is 29.2 Å².